The lowest BCUT2D eigenvalue weighted by Crippen LogP contribution is -2.51. The van der Waals surface area contributed by atoms with Gasteiger partial charge in [0.2, 0.25) is 0 Å². The van der Waals surface area contributed by atoms with E-state index in [4.69, 9.17) is 4.74 Å². The van der Waals surface area contributed by atoms with Crippen molar-refractivity contribution >= 4 is 5.91 Å². The summed E-state index contributed by atoms with van der Waals surface area (Å²) < 4.78 is 5.99. The molecule has 2 N–H and O–H groups in total. The molecule has 2 fully saturated rings. The first-order chi connectivity index (χ1) is 11.0. The van der Waals surface area contributed by atoms with Gasteiger partial charge in [-0.25, -0.2) is 9.97 Å². The summed E-state index contributed by atoms with van der Waals surface area (Å²) in [6.45, 7) is 3.56. The van der Waals surface area contributed by atoms with Gasteiger partial charge in [0, 0.05) is 25.2 Å². The number of ether oxygens (including phenoxy) is 1. The quantitative estimate of drug-likeness (QED) is 0.802. The van der Waals surface area contributed by atoms with Gasteiger partial charge in [0.05, 0.1) is 24.4 Å². The summed E-state index contributed by atoms with van der Waals surface area (Å²) in [7, 11) is 1.84. The summed E-state index contributed by atoms with van der Waals surface area (Å²) in [5.74, 6) is 0.0443. The van der Waals surface area contributed by atoms with Crippen molar-refractivity contribution in [3.8, 4) is 0 Å². The van der Waals surface area contributed by atoms with Crippen LogP contribution in [0.4, 0.5) is 0 Å². The molecule has 2 aliphatic rings. The molecule has 1 amide bonds. The summed E-state index contributed by atoms with van der Waals surface area (Å²) in [6.07, 6.45) is 4.44. The minimum atomic E-state index is -0.852. The van der Waals surface area contributed by atoms with E-state index in [0.29, 0.717) is 31.8 Å². The smallest absolute Gasteiger partial charge is 0.272 e. The van der Waals surface area contributed by atoms with E-state index in [1.807, 2.05) is 18.9 Å². The SMILES string of the molecule is CN[C@@H]1CO[C@@H]2CCN(C(=O)c3ccncn3)C[C@@H]2C[C@@]1(C)O. The fraction of sp³-hybridized carbons (Fsp3) is 0.688. The number of rotatable bonds is 2. The highest BCUT2D eigenvalue weighted by atomic mass is 16.5. The number of likely N-dealkylation sites (N-methyl/N-ethyl adjacent to an activating group) is 1. The number of likely N-dealkylation sites (tertiary alicyclic amines) is 1. The van der Waals surface area contributed by atoms with Crippen molar-refractivity contribution in [2.45, 2.75) is 37.5 Å². The minimum absolute atomic E-state index is 0.0834. The van der Waals surface area contributed by atoms with Crippen LogP contribution in [0, 0.1) is 5.92 Å². The van der Waals surface area contributed by atoms with Crippen LogP contribution < -0.4 is 5.32 Å². The lowest BCUT2D eigenvalue weighted by molar-refractivity contribution is -0.0218. The Kier molecular flexibility index (Phi) is 4.61. The number of carbonyl (C=O) groups excluding carboxylic acids is 1. The molecular formula is C16H24N4O3. The molecule has 3 rings (SSSR count). The summed E-state index contributed by atoms with van der Waals surface area (Å²) in [4.78, 5) is 22.3. The third kappa shape index (κ3) is 3.36. The Morgan fingerprint density at radius 3 is 3.09 bits per heavy atom. The van der Waals surface area contributed by atoms with Gasteiger partial charge in [-0.3, -0.25) is 4.79 Å². The van der Waals surface area contributed by atoms with Crippen molar-refractivity contribution in [1.82, 2.24) is 20.2 Å². The first-order valence-electron chi connectivity index (χ1n) is 8.08. The maximum absolute atomic E-state index is 12.6. The van der Waals surface area contributed by atoms with Crippen LogP contribution in [0.15, 0.2) is 18.6 Å². The van der Waals surface area contributed by atoms with Gasteiger partial charge in [-0.1, -0.05) is 0 Å². The molecule has 23 heavy (non-hydrogen) atoms. The molecular weight excluding hydrogens is 296 g/mol. The highest BCUT2D eigenvalue weighted by molar-refractivity contribution is 5.92. The van der Waals surface area contributed by atoms with Gasteiger partial charge in [-0.15, -0.1) is 0 Å². The van der Waals surface area contributed by atoms with Crippen molar-refractivity contribution in [2.24, 2.45) is 5.92 Å². The first kappa shape index (κ1) is 16.3. The van der Waals surface area contributed by atoms with Crippen LogP contribution in [0.1, 0.15) is 30.3 Å². The van der Waals surface area contributed by atoms with E-state index in [9.17, 15) is 9.90 Å². The van der Waals surface area contributed by atoms with Gasteiger partial charge in [-0.2, -0.15) is 0 Å². The maximum Gasteiger partial charge on any atom is 0.272 e. The average molecular weight is 320 g/mol. The zero-order valence-corrected chi connectivity index (χ0v) is 13.6. The number of carbonyl (C=O) groups is 1. The van der Waals surface area contributed by atoms with E-state index in [0.717, 1.165) is 6.42 Å². The summed E-state index contributed by atoms with van der Waals surface area (Å²) >= 11 is 0. The molecule has 0 aliphatic carbocycles. The molecule has 3 heterocycles. The number of amides is 1. The Labute approximate surface area is 136 Å². The second-order valence-corrected chi connectivity index (χ2v) is 6.67. The van der Waals surface area contributed by atoms with Crippen LogP contribution in [-0.4, -0.2) is 70.4 Å². The van der Waals surface area contributed by atoms with E-state index in [2.05, 4.69) is 15.3 Å². The Bertz CT molecular complexity index is 552. The molecule has 0 saturated carbocycles. The molecule has 7 heteroatoms. The van der Waals surface area contributed by atoms with E-state index >= 15 is 0 Å². The van der Waals surface area contributed by atoms with Gasteiger partial charge in [0.25, 0.3) is 5.91 Å². The lowest BCUT2D eigenvalue weighted by Gasteiger charge is -2.39. The summed E-state index contributed by atoms with van der Waals surface area (Å²) in [6, 6.07) is 1.53. The minimum Gasteiger partial charge on any atom is -0.388 e. The zero-order chi connectivity index (χ0) is 16.4. The van der Waals surface area contributed by atoms with E-state index in [1.165, 1.54) is 6.33 Å². The van der Waals surface area contributed by atoms with E-state index in [-0.39, 0.29) is 24.0 Å². The summed E-state index contributed by atoms with van der Waals surface area (Å²) in [5, 5.41) is 13.9. The fourth-order valence-corrected chi connectivity index (χ4v) is 3.66. The van der Waals surface area contributed by atoms with Crippen LogP contribution in [0.25, 0.3) is 0 Å². The number of hydrogen-bond acceptors (Lipinski definition) is 6. The lowest BCUT2D eigenvalue weighted by atomic mass is 9.82. The van der Waals surface area contributed by atoms with Crippen molar-refractivity contribution in [3.05, 3.63) is 24.3 Å². The van der Waals surface area contributed by atoms with Gasteiger partial charge < -0.3 is 20.1 Å². The molecule has 4 atom stereocenters. The Balaban J connectivity index is 1.72. The molecule has 0 aromatic carbocycles. The van der Waals surface area contributed by atoms with Crippen molar-refractivity contribution in [2.75, 3.05) is 26.7 Å². The van der Waals surface area contributed by atoms with Crippen molar-refractivity contribution in [3.63, 3.8) is 0 Å². The van der Waals surface area contributed by atoms with Crippen LogP contribution in [0.2, 0.25) is 0 Å². The number of aliphatic hydroxyl groups is 1. The largest absolute Gasteiger partial charge is 0.388 e. The topological polar surface area (TPSA) is 87.6 Å². The number of fused-ring (bicyclic) bond motifs is 1. The number of aromatic nitrogens is 2. The second-order valence-electron chi connectivity index (χ2n) is 6.67. The Morgan fingerprint density at radius 2 is 2.39 bits per heavy atom. The number of piperidine rings is 1. The molecule has 0 radical (unpaired) electrons. The van der Waals surface area contributed by atoms with Gasteiger partial charge in [0.1, 0.15) is 12.0 Å². The average Bonchev–Trinajstić information content (AvgIpc) is 2.68. The standard InChI is InChI=1S/C16H24N4O3/c1-16(22)7-11-8-20(15(21)12-3-5-18-10-19-12)6-4-13(11)23-9-14(16)17-2/h3,5,10-11,13-14,17,22H,4,6-9H2,1-2H3/t11-,13+,14+,16+/m0/s1. The normalized spacial score (nSPS) is 34.6. The van der Waals surface area contributed by atoms with Gasteiger partial charge in [-0.05, 0) is 32.9 Å². The third-order valence-electron chi connectivity index (χ3n) is 5.00. The molecule has 126 valence electrons. The molecule has 0 bridgehead atoms. The summed E-state index contributed by atoms with van der Waals surface area (Å²) in [5.41, 5.74) is -0.442. The van der Waals surface area contributed by atoms with Crippen LogP contribution >= 0.6 is 0 Å². The van der Waals surface area contributed by atoms with Crippen molar-refractivity contribution < 1.29 is 14.6 Å². The second kappa shape index (κ2) is 6.51. The monoisotopic (exact) mass is 320 g/mol. The molecule has 2 saturated heterocycles. The Hall–Kier alpha value is -1.57. The molecule has 7 nitrogen and oxygen atoms in total. The van der Waals surface area contributed by atoms with Crippen LogP contribution in [0.5, 0.6) is 0 Å². The van der Waals surface area contributed by atoms with Crippen LogP contribution in [0.3, 0.4) is 0 Å². The predicted molar refractivity (Wildman–Crippen MR) is 83.9 cm³/mol. The highest BCUT2D eigenvalue weighted by Crippen LogP contribution is 2.33. The molecule has 1 aromatic rings. The first-order valence-corrected chi connectivity index (χ1v) is 8.08. The number of nitrogens with one attached hydrogen (secondary N) is 1. The third-order valence-corrected chi connectivity index (χ3v) is 5.00. The number of hydrogen-bond donors (Lipinski definition) is 2. The fourth-order valence-electron chi connectivity index (χ4n) is 3.66. The van der Waals surface area contributed by atoms with Crippen molar-refractivity contribution in [1.29, 1.82) is 0 Å². The van der Waals surface area contributed by atoms with E-state index < -0.39 is 5.60 Å². The van der Waals surface area contributed by atoms with Gasteiger partial charge in [0.15, 0.2) is 0 Å². The highest BCUT2D eigenvalue weighted by Gasteiger charge is 2.43. The molecule has 1 aromatic heterocycles. The molecule has 0 unspecified atom stereocenters. The Morgan fingerprint density at radius 1 is 1.57 bits per heavy atom. The molecule has 0 spiro atoms. The zero-order valence-electron chi connectivity index (χ0n) is 13.6. The number of nitrogens with zero attached hydrogens (tertiary/aromatic N) is 3. The maximum atomic E-state index is 12.6. The van der Waals surface area contributed by atoms with Crippen LogP contribution in [-0.2, 0) is 4.74 Å². The predicted octanol–water partition coefficient (Wildman–Crippen LogP) is 0.0666. The molecule has 2 aliphatic heterocycles. The van der Waals surface area contributed by atoms with E-state index in [1.54, 1.807) is 12.3 Å². The van der Waals surface area contributed by atoms with Gasteiger partial charge >= 0.3 is 0 Å².